The highest BCUT2D eigenvalue weighted by Crippen LogP contribution is 2.43. The molecule has 0 radical (unpaired) electrons. The summed E-state index contributed by atoms with van der Waals surface area (Å²) in [5.41, 5.74) is 15.7. The lowest BCUT2D eigenvalue weighted by Gasteiger charge is -2.26. The van der Waals surface area contributed by atoms with Gasteiger partial charge in [-0.15, -0.1) is 5.10 Å². The van der Waals surface area contributed by atoms with Crippen molar-refractivity contribution in [3.8, 4) is 16.9 Å². The summed E-state index contributed by atoms with van der Waals surface area (Å²) in [5, 5.41) is 17.4. The van der Waals surface area contributed by atoms with E-state index in [1.54, 1.807) is 20.0 Å². The second-order valence-electron chi connectivity index (χ2n) is 26.9. The van der Waals surface area contributed by atoms with E-state index in [1.807, 2.05) is 59.4 Å². The van der Waals surface area contributed by atoms with Crippen molar-refractivity contribution in [3.63, 3.8) is 0 Å². The fraction of sp³-hybridized carbons (Fsp3) is 0.671. The Morgan fingerprint density at radius 1 is 0.531 bits per heavy atom. The molecule has 1 fully saturated rings. The van der Waals surface area contributed by atoms with Crippen LogP contribution in [-0.2, 0) is 108 Å². The Labute approximate surface area is 681 Å². The Hall–Kier alpha value is -6.42. The number of carbonyl (C=O) groups excluding carboxylic acids is 5. The van der Waals surface area contributed by atoms with Crippen LogP contribution >= 0.6 is 31.9 Å². The molecular weight excluding hydrogens is 1600 g/mol. The molecule has 6 rings (SSSR count). The van der Waals surface area contributed by atoms with Gasteiger partial charge in [-0.1, -0.05) is 111 Å². The van der Waals surface area contributed by atoms with Crippen molar-refractivity contribution in [2.75, 3.05) is 216 Å². The molecule has 32 nitrogen and oxygen atoms in total. The first kappa shape index (κ1) is 95.4. The van der Waals surface area contributed by atoms with Gasteiger partial charge in [0.1, 0.15) is 24.1 Å². The fourth-order valence-electron chi connectivity index (χ4n) is 11.6. The number of hydrogen-bond acceptors (Lipinski definition) is 28. The van der Waals surface area contributed by atoms with Crippen molar-refractivity contribution in [2.24, 2.45) is 17.8 Å². The molecule has 2 aromatic carbocycles. The maximum absolute atomic E-state index is 13.4. The van der Waals surface area contributed by atoms with Crippen LogP contribution in [0.15, 0.2) is 69.9 Å². The van der Waals surface area contributed by atoms with Crippen LogP contribution < -0.4 is 32.2 Å². The highest BCUT2D eigenvalue weighted by Gasteiger charge is 2.46. The number of amides is 4. The van der Waals surface area contributed by atoms with Crippen LogP contribution in [0.25, 0.3) is 22.2 Å². The minimum Gasteiger partial charge on any atom is -0.490 e. The topological polar surface area (TPSA) is 391 Å². The number of fused-ring (bicyclic) bond motifs is 1. The molecular formula is C79H121Br2N11O21. The summed E-state index contributed by atoms with van der Waals surface area (Å²) in [6.45, 7) is 20.4. The van der Waals surface area contributed by atoms with Crippen molar-refractivity contribution in [3.05, 3.63) is 81.1 Å². The molecule has 0 spiro atoms. The molecule has 4 heterocycles. The molecule has 113 heavy (non-hydrogen) atoms. The van der Waals surface area contributed by atoms with Gasteiger partial charge < -0.3 is 97.9 Å². The number of unbranched alkanes of at least 4 members (excludes halogenated alkanes) is 8. The number of Topliss-reactive ketones (excluding diaryl/α,β-unsaturated/α-hetero) is 1. The third-order valence-corrected chi connectivity index (χ3v) is 19.1. The number of benzene rings is 2. The summed E-state index contributed by atoms with van der Waals surface area (Å²) in [6, 6.07) is 13.3. The predicted molar refractivity (Wildman–Crippen MR) is 429 cm³/mol. The number of aryl methyl sites for hydroxylation is 2. The summed E-state index contributed by atoms with van der Waals surface area (Å²) in [4.78, 5) is 77.0. The molecule has 5 aromatic rings. The van der Waals surface area contributed by atoms with E-state index in [2.05, 4.69) is 73.1 Å². The highest BCUT2D eigenvalue weighted by atomic mass is 79.9. The molecule has 0 saturated carbocycles. The van der Waals surface area contributed by atoms with Gasteiger partial charge in [-0.25, -0.2) is 9.97 Å². The third kappa shape index (κ3) is 40.8. The lowest BCUT2D eigenvalue weighted by molar-refractivity contribution is -0.137. The zero-order valence-corrected chi connectivity index (χ0v) is 69.3. The normalized spacial score (nSPS) is 14.2. The quantitative estimate of drug-likeness (QED) is 0.0140. The van der Waals surface area contributed by atoms with Gasteiger partial charge in [-0.05, 0) is 77.7 Å². The molecule has 3 aromatic heterocycles. The SMILES string of the molecule is CC(C)[C@H](NC(=O)C[C@H](NC(=O)CCCCCCCCCCn1cc(CCCCOCCOCCOCCOCCOCCOCCOCCOCCOCCOCCOCCOCCOCCOCCOCCOc2ccc(Br)c(-c3cc4cnc(N)nc4nc3N)c2Br)nn1)c1ccccc1)C(=O)[C@@H]1C(=O)NC(=O)[C@H]1C. The molecule has 0 aliphatic carbocycles. The molecule has 632 valence electrons. The van der Waals surface area contributed by atoms with Crippen LogP contribution in [0.1, 0.15) is 115 Å². The van der Waals surface area contributed by atoms with Gasteiger partial charge in [-0.3, -0.25) is 34.0 Å². The number of ketones is 1. The number of carbonyl (C=O) groups is 5. The Balaban J connectivity index is 0.577. The van der Waals surface area contributed by atoms with E-state index in [0.717, 1.165) is 98.5 Å². The molecule has 0 bridgehead atoms. The van der Waals surface area contributed by atoms with E-state index < -0.39 is 47.4 Å². The number of hydrogen-bond donors (Lipinski definition) is 5. The number of nitrogens with two attached hydrogens (primary N) is 2. The second-order valence-corrected chi connectivity index (χ2v) is 28.5. The van der Waals surface area contributed by atoms with Gasteiger partial charge >= 0.3 is 0 Å². The summed E-state index contributed by atoms with van der Waals surface area (Å²) >= 11 is 7.29. The number of aromatic nitrogens is 6. The average Bonchev–Trinajstić information content (AvgIpc) is 1.22. The first-order valence-corrected chi connectivity index (χ1v) is 41.2. The fourth-order valence-corrected chi connectivity index (χ4v) is 13.1. The van der Waals surface area contributed by atoms with E-state index in [-0.39, 0.29) is 24.2 Å². The lowest BCUT2D eigenvalue weighted by atomic mass is 9.85. The van der Waals surface area contributed by atoms with Crippen LogP contribution in [0.4, 0.5) is 11.8 Å². The second kappa shape index (κ2) is 60.1. The monoisotopic (exact) mass is 1720 g/mol. The highest BCUT2D eigenvalue weighted by molar-refractivity contribution is 9.11. The van der Waals surface area contributed by atoms with Crippen LogP contribution in [0.3, 0.4) is 0 Å². The van der Waals surface area contributed by atoms with Crippen molar-refractivity contribution in [1.29, 1.82) is 0 Å². The molecule has 34 heteroatoms. The Bertz CT molecular complexity index is 3430. The summed E-state index contributed by atoms with van der Waals surface area (Å²) in [5.74, 6) is -3.45. The van der Waals surface area contributed by atoms with E-state index >= 15 is 0 Å². The molecule has 4 amide bonds. The molecule has 7 N–H and O–H groups in total. The standard InChI is InChI=1S/C79H121Br2N11O21/c1-59(2)73(74(95)70-60(3)77(96)89-78(70)97)86-69(94)56-66(61-17-11-10-12-18-61)85-68(93)20-13-8-6-4-5-7-9-15-23-92-58-63(90-91-92)19-14-16-24-98-25-26-99-27-28-100-29-30-101-31-32-102-33-34-103-35-36-104-37-38-105-39-40-106-41-42-107-43-44-108-45-46-109-47-48-110-49-50-111-51-52-112-53-54-113-67-22-21-65(80)71(72(67)81)64-55-62-57-84-79(83)88-76(62)87-75(64)82/h10-12,17-18,21-22,55,57-60,66,70,73H,4-9,13-16,19-20,23-54,56H2,1-3H3,(H,85,93)(H,86,94)(H,89,96,97)(H4,82,83,84,87,88)/t60-,66-,70+,73-/m0/s1. The van der Waals surface area contributed by atoms with E-state index in [9.17, 15) is 24.0 Å². The van der Waals surface area contributed by atoms with E-state index in [4.69, 9.17) is 87.3 Å². The van der Waals surface area contributed by atoms with E-state index in [1.165, 1.54) is 6.92 Å². The van der Waals surface area contributed by atoms with Crippen LogP contribution in [0.2, 0.25) is 0 Å². The van der Waals surface area contributed by atoms with Crippen molar-refractivity contribution in [1.82, 2.24) is 45.9 Å². The molecule has 1 aliphatic heterocycles. The molecule has 0 unspecified atom stereocenters. The predicted octanol–water partition coefficient (Wildman–Crippen LogP) is 8.00. The van der Waals surface area contributed by atoms with E-state index in [0.29, 0.717) is 244 Å². The van der Waals surface area contributed by atoms with Crippen LogP contribution in [0.5, 0.6) is 5.75 Å². The van der Waals surface area contributed by atoms with Gasteiger partial charge in [-0.2, -0.15) is 4.98 Å². The minimum atomic E-state index is -1.15. The van der Waals surface area contributed by atoms with Crippen molar-refractivity contribution < 1.29 is 99.8 Å². The van der Waals surface area contributed by atoms with Gasteiger partial charge in [0.2, 0.25) is 29.6 Å². The average molecular weight is 1720 g/mol. The summed E-state index contributed by atoms with van der Waals surface area (Å²) in [7, 11) is 0. The molecule has 1 saturated heterocycles. The van der Waals surface area contributed by atoms with Crippen LogP contribution in [-0.4, -0.2) is 270 Å². The largest absolute Gasteiger partial charge is 0.490 e. The van der Waals surface area contributed by atoms with Gasteiger partial charge in [0.05, 0.1) is 226 Å². The first-order valence-electron chi connectivity index (χ1n) is 39.6. The number of halogens is 2. The minimum absolute atomic E-state index is 0.0855. The maximum Gasteiger partial charge on any atom is 0.238 e. The Morgan fingerprint density at radius 2 is 0.991 bits per heavy atom. The number of nitrogen functional groups attached to an aromatic ring is 2. The Kier molecular flexibility index (Phi) is 50.8. The third-order valence-electron chi connectivity index (χ3n) is 17.7. The van der Waals surface area contributed by atoms with Crippen LogP contribution in [0, 0.1) is 17.8 Å². The van der Waals surface area contributed by atoms with Crippen molar-refractivity contribution in [2.45, 2.75) is 123 Å². The summed E-state index contributed by atoms with van der Waals surface area (Å²) < 4.78 is 93.3. The number of nitrogens with zero attached hydrogens (tertiary/aromatic N) is 6. The Morgan fingerprint density at radius 3 is 1.46 bits per heavy atom. The maximum atomic E-state index is 13.4. The number of nitrogens with one attached hydrogen (secondary N) is 3. The summed E-state index contributed by atoms with van der Waals surface area (Å²) in [6.07, 6.45) is 14.9. The smallest absolute Gasteiger partial charge is 0.238 e. The number of anilines is 2. The van der Waals surface area contributed by atoms with Crippen molar-refractivity contribution >= 4 is 84.1 Å². The first-order chi connectivity index (χ1) is 55.2. The molecule has 4 atom stereocenters. The number of imide groups is 1. The van der Waals surface area contributed by atoms with Gasteiger partial charge in [0.25, 0.3) is 0 Å². The zero-order chi connectivity index (χ0) is 80.6. The number of ether oxygens (including phenoxy) is 16. The number of pyridine rings is 1. The zero-order valence-electron chi connectivity index (χ0n) is 66.1. The lowest BCUT2D eigenvalue weighted by Crippen LogP contribution is -2.49. The number of rotatable bonds is 71. The van der Waals surface area contributed by atoms with Gasteiger partial charge in [0, 0.05) is 53.0 Å². The molecule has 1 aliphatic rings. The van der Waals surface area contributed by atoms with Gasteiger partial charge in [0.15, 0.2) is 11.4 Å².